The van der Waals surface area contributed by atoms with Gasteiger partial charge < -0.3 is 16.0 Å². The third kappa shape index (κ3) is 4.47. The van der Waals surface area contributed by atoms with Gasteiger partial charge >= 0.3 is 0 Å². The van der Waals surface area contributed by atoms with Gasteiger partial charge in [-0.1, -0.05) is 41.9 Å². The molecule has 0 radical (unpaired) electrons. The lowest BCUT2D eigenvalue weighted by Crippen LogP contribution is -2.18. The van der Waals surface area contributed by atoms with Gasteiger partial charge in [-0.25, -0.2) is 0 Å². The predicted octanol–water partition coefficient (Wildman–Crippen LogP) is 6.03. The Hall–Kier alpha value is -3.57. The van der Waals surface area contributed by atoms with Crippen LogP contribution in [0.2, 0.25) is 5.02 Å². The van der Waals surface area contributed by atoms with Crippen molar-refractivity contribution in [2.75, 3.05) is 16.0 Å². The van der Waals surface area contributed by atoms with Gasteiger partial charge in [-0.2, -0.15) is 0 Å². The monoisotopic (exact) mass is 431 g/mol. The maximum atomic E-state index is 12.7. The van der Waals surface area contributed by atoms with Crippen LogP contribution in [0.4, 0.5) is 17.1 Å². The normalized spacial score (nSPS) is 15.3. The van der Waals surface area contributed by atoms with Gasteiger partial charge in [0.25, 0.3) is 5.91 Å². The number of nitrogens with one attached hydrogen (secondary N) is 3. The van der Waals surface area contributed by atoms with Gasteiger partial charge in [-0.05, 0) is 61.9 Å². The van der Waals surface area contributed by atoms with Crippen molar-refractivity contribution in [1.29, 1.82) is 0 Å². The van der Waals surface area contributed by atoms with Crippen molar-refractivity contribution in [3.8, 4) is 0 Å². The van der Waals surface area contributed by atoms with E-state index in [4.69, 9.17) is 11.6 Å². The van der Waals surface area contributed by atoms with Crippen molar-refractivity contribution in [3.05, 3.63) is 100 Å². The summed E-state index contributed by atoms with van der Waals surface area (Å²) in [6.07, 6.45) is 0. The number of hydrogen-bond donors (Lipinski definition) is 3. The summed E-state index contributed by atoms with van der Waals surface area (Å²) in [7, 11) is 0. The zero-order chi connectivity index (χ0) is 22.0. The molecular formula is C25H22ClN3O2. The topological polar surface area (TPSA) is 70.2 Å². The molecule has 1 amide bonds. The van der Waals surface area contributed by atoms with E-state index in [0.717, 1.165) is 28.3 Å². The number of para-hydroxylation sites is 1. The van der Waals surface area contributed by atoms with Crippen LogP contribution in [0.1, 0.15) is 35.8 Å². The summed E-state index contributed by atoms with van der Waals surface area (Å²) in [4.78, 5) is 25.2. The number of halogens is 1. The smallest absolute Gasteiger partial charge is 0.255 e. The molecule has 0 saturated carbocycles. The standard InChI is InChI=1S/C25H22ClN3O2/c1-15-23(16(2)30)24(17-7-6-8-19(26)13-17)29-21-12-11-18(14-22(21)27-15)25(31)28-20-9-4-3-5-10-20/h3-14,24,27,29H,1-2H3,(H,28,31). The molecule has 0 fully saturated rings. The first-order valence-electron chi connectivity index (χ1n) is 9.93. The third-order valence-electron chi connectivity index (χ3n) is 5.19. The largest absolute Gasteiger partial charge is 0.372 e. The Bertz CT molecular complexity index is 1190. The van der Waals surface area contributed by atoms with E-state index < -0.39 is 0 Å². The van der Waals surface area contributed by atoms with Gasteiger partial charge in [-0.15, -0.1) is 0 Å². The summed E-state index contributed by atoms with van der Waals surface area (Å²) in [5, 5.41) is 10.3. The average molecular weight is 432 g/mol. The fraction of sp³-hybridized carbons (Fsp3) is 0.120. The number of rotatable bonds is 4. The van der Waals surface area contributed by atoms with Crippen molar-refractivity contribution in [2.24, 2.45) is 0 Å². The van der Waals surface area contributed by atoms with E-state index >= 15 is 0 Å². The quantitative estimate of drug-likeness (QED) is 0.471. The van der Waals surface area contributed by atoms with E-state index in [9.17, 15) is 9.59 Å². The summed E-state index contributed by atoms with van der Waals surface area (Å²) in [5.41, 5.74) is 4.98. The molecule has 3 N–H and O–H groups in total. The molecule has 4 rings (SSSR count). The molecule has 5 nitrogen and oxygen atoms in total. The van der Waals surface area contributed by atoms with E-state index in [1.165, 1.54) is 0 Å². The Morgan fingerprint density at radius 2 is 1.71 bits per heavy atom. The lowest BCUT2D eigenvalue weighted by atomic mass is 9.94. The first-order valence-corrected chi connectivity index (χ1v) is 10.3. The maximum Gasteiger partial charge on any atom is 0.255 e. The van der Waals surface area contributed by atoms with Gasteiger partial charge in [0, 0.05) is 27.5 Å². The Labute approximate surface area is 186 Å². The molecule has 6 heteroatoms. The number of Topliss-reactive ketones (excluding diaryl/α,β-unsaturated/α-hetero) is 1. The maximum absolute atomic E-state index is 12.7. The fourth-order valence-electron chi connectivity index (χ4n) is 3.76. The highest BCUT2D eigenvalue weighted by atomic mass is 35.5. The number of fused-ring (bicyclic) bond motifs is 1. The minimum atomic E-state index is -0.367. The first-order chi connectivity index (χ1) is 14.9. The molecule has 3 aromatic rings. The minimum absolute atomic E-state index is 0.0441. The Morgan fingerprint density at radius 3 is 2.42 bits per heavy atom. The molecule has 31 heavy (non-hydrogen) atoms. The molecule has 1 heterocycles. The molecule has 0 bridgehead atoms. The zero-order valence-electron chi connectivity index (χ0n) is 17.2. The van der Waals surface area contributed by atoms with Gasteiger partial charge in [0.1, 0.15) is 0 Å². The second-order valence-corrected chi connectivity index (χ2v) is 7.87. The number of anilines is 3. The van der Waals surface area contributed by atoms with Crippen molar-refractivity contribution in [3.63, 3.8) is 0 Å². The van der Waals surface area contributed by atoms with E-state index in [2.05, 4.69) is 16.0 Å². The van der Waals surface area contributed by atoms with Crippen LogP contribution < -0.4 is 16.0 Å². The number of carbonyl (C=O) groups excluding carboxylic acids is 2. The first kappa shape index (κ1) is 20.7. The second kappa shape index (κ2) is 8.66. The van der Waals surface area contributed by atoms with E-state index in [-0.39, 0.29) is 17.7 Å². The molecule has 1 atom stereocenters. The number of carbonyl (C=O) groups is 2. The van der Waals surface area contributed by atoms with Gasteiger partial charge in [-0.3, -0.25) is 9.59 Å². The molecule has 0 aromatic heterocycles. The molecule has 1 unspecified atom stereocenters. The fourth-order valence-corrected chi connectivity index (χ4v) is 3.96. The Kier molecular flexibility index (Phi) is 5.78. The summed E-state index contributed by atoms with van der Waals surface area (Å²) in [5.74, 6) is -0.253. The molecule has 0 spiro atoms. The van der Waals surface area contributed by atoms with Crippen LogP contribution in [0, 0.1) is 0 Å². The van der Waals surface area contributed by atoms with Crippen molar-refractivity contribution < 1.29 is 9.59 Å². The highest BCUT2D eigenvalue weighted by molar-refractivity contribution is 6.30. The van der Waals surface area contributed by atoms with Crippen LogP contribution >= 0.6 is 11.6 Å². The minimum Gasteiger partial charge on any atom is -0.372 e. The molecular weight excluding hydrogens is 410 g/mol. The lowest BCUT2D eigenvalue weighted by Gasteiger charge is -2.21. The van der Waals surface area contributed by atoms with Crippen LogP contribution in [-0.4, -0.2) is 11.7 Å². The van der Waals surface area contributed by atoms with Crippen LogP contribution in [0.3, 0.4) is 0 Å². The number of amides is 1. The average Bonchev–Trinajstić information content (AvgIpc) is 2.89. The molecule has 1 aliphatic rings. The number of hydrogen-bond acceptors (Lipinski definition) is 4. The summed E-state index contributed by atoms with van der Waals surface area (Å²) < 4.78 is 0. The van der Waals surface area contributed by atoms with Gasteiger partial charge in [0.2, 0.25) is 0 Å². The number of benzene rings is 3. The molecule has 0 aliphatic carbocycles. The number of allylic oxidation sites excluding steroid dienone is 1. The summed E-state index contributed by atoms with van der Waals surface area (Å²) in [6, 6.07) is 21.8. The van der Waals surface area contributed by atoms with Crippen molar-refractivity contribution >= 4 is 40.4 Å². The summed E-state index contributed by atoms with van der Waals surface area (Å²) >= 11 is 6.20. The Morgan fingerprint density at radius 1 is 0.935 bits per heavy atom. The molecule has 0 saturated heterocycles. The van der Waals surface area contributed by atoms with E-state index in [1.807, 2.05) is 61.5 Å². The van der Waals surface area contributed by atoms with Crippen molar-refractivity contribution in [2.45, 2.75) is 19.9 Å². The molecule has 156 valence electrons. The zero-order valence-corrected chi connectivity index (χ0v) is 18.0. The van der Waals surface area contributed by atoms with E-state index in [0.29, 0.717) is 16.2 Å². The van der Waals surface area contributed by atoms with Crippen LogP contribution in [0.25, 0.3) is 0 Å². The van der Waals surface area contributed by atoms with Crippen LogP contribution in [0.5, 0.6) is 0 Å². The van der Waals surface area contributed by atoms with E-state index in [1.54, 1.807) is 25.1 Å². The number of ketones is 1. The molecule has 1 aliphatic heterocycles. The SMILES string of the molecule is CC(=O)C1=C(C)Nc2cc(C(=O)Nc3ccccc3)ccc2NC1c1cccc(Cl)c1. The lowest BCUT2D eigenvalue weighted by molar-refractivity contribution is -0.113. The van der Waals surface area contributed by atoms with Crippen LogP contribution in [0.15, 0.2) is 84.1 Å². The third-order valence-corrected chi connectivity index (χ3v) is 5.42. The van der Waals surface area contributed by atoms with Crippen molar-refractivity contribution in [1.82, 2.24) is 0 Å². The highest BCUT2D eigenvalue weighted by Crippen LogP contribution is 2.37. The van der Waals surface area contributed by atoms with Crippen LogP contribution in [-0.2, 0) is 4.79 Å². The highest BCUT2D eigenvalue weighted by Gasteiger charge is 2.27. The Balaban J connectivity index is 1.70. The van der Waals surface area contributed by atoms with Gasteiger partial charge in [0.05, 0.1) is 17.4 Å². The predicted molar refractivity (Wildman–Crippen MR) is 126 cm³/mol. The second-order valence-electron chi connectivity index (χ2n) is 7.43. The van der Waals surface area contributed by atoms with Gasteiger partial charge in [0.15, 0.2) is 5.78 Å². The molecule has 3 aromatic carbocycles. The summed E-state index contributed by atoms with van der Waals surface area (Å²) in [6.45, 7) is 3.41.